The van der Waals surface area contributed by atoms with Crippen molar-refractivity contribution in [3.63, 3.8) is 0 Å². The summed E-state index contributed by atoms with van der Waals surface area (Å²) in [6.07, 6.45) is 2.61. The van der Waals surface area contributed by atoms with E-state index in [9.17, 15) is 0 Å². The van der Waals surface area contributed by atoms with Crippen molar-refractivity contribution in [2.24, 2.45) is 0 Å². The van der Waals surface area contributed by atoms with E-state index >= 15 is 0 Å². The third-order valence-electron chi connectivity index (χ3n) is 2.47. The normalized spacial score (nSPS) is 10.5. The fourth-order valence-electron chi connectivity index (χ4n) is 1.39. The van der Waals surface area contributed by atoms with Crippen LogP contribution in [0.1, 0.15) is 68.2 Å². The quantitative estimate of drug-likeness (QED) is 0.168. The third-order valence-corrected chi connectivity index (χ3v) is 8.92. The molecular formula is C18H46O6S2Si2. The van der Waals surface area contributed by atoms with E-state index < -0.39 is 19.1 Å². The molecule has 0 radical (unpaired) electrons. The van der Waals surface area contributed by atoms with Crippen molar-refractivity contribution in [3.05, 3.63) is 0 Å². The average Bonchev–Trinajstić information content (AvgIpc) is 2.68. The van der Waals surface area contributed by atoms with Crippen LogP contribution in [0.2, 0.25) is 0 Å². The lowest BCUT2D eigenvalue weighted by Gasteiger charge is -2.12. The Balaban J connectivity index is -0.000000337. The first-order valence-electron chi connectivity index (χ1n) is 10.5. The SMILES string of the molecule is CCCSSCCC.CCO[SiH](OCC)OCC.CCO[SiH](OCC)OCC. The second-order valence-corrected chi connectivity index (χ2v) is 10.8. The van der Waals surface area contributed by atoms with Crippen molar-refractivity contribution in [3.8, 4) is 0 Å². The molecule has 0 saturated carbocycles. The lowest BCUT2D eigenvalue weighted by Crippen LogP contribution is -2.27. The fourth-order valence-corrected chi connectivity index (χ4v) is 5.88. The highest BCUT2D eigenvalue weighted by molar-refractivity contribution is 8.76. The van der Waals surface area contributed by atoms with Gasteiger partial charge >= 0.3 is 19.1 Å². The number of rotatable bonds is 17. The highest BCUT2D eigenvalue weighted by atomic mass is 33.1. The van der Waals surface area contributed by atoms with Gasteiger partial charge in [-0.05, 0) is 54.4 Å². The van der Waals surface area contributed by atoms with Crippen molar-refractivity contribution in [1.82, 2.24) is 0 Å². The molecule has 0 saturated heterocycles. The molecule has 0 N–H and O–H groups in total. The van der Waals surface area contributed by atoms with Gasteiger partial charge in [-0.15, -0.1) is 0 Å². The van der Waals surface area contributed by atoms with Crippen LogP contribution in [0.3, 0.4) is 0 Å². The maximum atomic E-state index is 5.22. The van der Waals surface area contributed by atoms with Gasteiger partial charge in [0.05, 0.1) is 0 Å². The summed E-state index contributed by atoms with van der Waals surface area (Å²) in [5.41, 5.74) is 0. The Morgan fingerprint density at radius 2 is 0.643 bits per heavy atom. The van der Waals surface area contributed by atoms with Crippen molar-refractivity contribution in [2.45, 2.75) is 68.2 Å². The van der Waals surface area contributed by atoms with Gasteiger partial charge < -0.3 is 26.6 Å². The van der Waals surface area contributed by atoms with E-state index in [2.05, 4.69) is 13.8 Å². The van der Waals surface area contributed by atoms with Crippen LogP contribution in [0, 0.1) is 0 Å². The minimum Gasteiger partial charge on any atom is -0.376 e. The molecule has 28 heavy (non-hydrogen) atoms. The molecule has 0 aromatic heterocycles. The molecule has 0 atom stereocenters. The van der Waals surface area contributed by atoms with E-state index in [0.29, 0.717) is 39.6 Å². The van der Waals surface area contributed by atoms with Crippen LogP contribution in [0.15, 0.2) is 0 Å². The smallest absolute Gasteiger partial charge is 0.376 e. The summed E-state index contributed by atoms with van der Waals surface area (Å²) in [4.78, 5) is 0. The zero-order chi connectivity index (χ0) is 21.9. The summed E-state index contributed by atoms with van der Waals surface area (Å²) < 4.78 is 31.3. The van der Waals surface area contributed by atoms with Crippen LogP contribution in [-0.4, -0.2) is 70.2 Å². The molecule has 0 fully saturated rings. The largest absolute Gasteiger partial charge is 0.484 e. The van der Waals surface area contributed by atoms with Gasteiger partial charge in [-0.1, -0.05) is 35.4 Å². The first-order valence-corrected chi connectivity index (χ1v) is 15.9. The zero-order valence-electron chi connectivity index (χ0n) is 19.5. The summed E-state index contributed by atoms with van der Waals surface area (Å²) >= 11 is 0. The molecule has 0 aliphatic carbocycles. The Morgan fingerprint density at radius 1 is 0.429 bits per heavy atom. The molecule has 0 aliphatic rings. The standard InChI is InChI=1S/2C6H16O3Si.C6H14S2/c2*1-4-7-10(8-5-2)9-6-3;1-3-5-7-8-6-4-2/h2*10H,4-6H2,1-3H3;3-6H2,1-2H3. The molecule has 0 unspecified atom stereocenters. The summed E-state index contributed by atoms with van der Waals surface area (Å²) in [7, 11) is 0.521. The monoisotopic (exact) mass is 478 g/mol. The van der Waals surface area contributed by atoms with E-state index in [1.165, 1.54) is 24.3 Å². The van der Waals surface area contributed by atoms with Gasteiger partial charge in [0.1, 0.15) is 0 Å². The van der Waals surface area contributed by atoms with Crippen molar-refractivity contribution >= 4 is 40.6 Å². The van der Waals surface area contributed by atoms with Gasteiger partial charge in [-0.3, -0.25) is 0 Å². The van der Waals surface area contributed by atoms with E-state index in [1.54, 1.807) is 0 Å². The molecular weight excluding hydrogens is 432 g/mol. The predicted octanol–water partition coefficient (Wildman–Crippen LogP) is 4.81. The van der Waals surface area contributed by atoms with Crippen LogP contribution in [-0.2, 0) is 26.6 Å². The zero-order valence-corrected chi connectivity index (χ0v) is 23.4. The van der Waals surface area contributed by atoms with Crippen LogP contribution in [0.25, 0.3) is 0 Å². The number of hydrogen-bond donors (Lipinski definition) is 0. The average molecular weight is 479 g/mol. The van der Waals surface area contributed by atoms with Crippen molar-refractivity contribution in [2.75, 3.05) is 51.1 Å². The first-order chi connectivity index (χ1) is 13.6. The van der Waals surface area contributed by atoms with Crippen LogP contribution in [0.4, 0.5) is 0 Å². The molecule has 10 heteroatoms. The molecule has 6 nitrogen and oxygen atoms in total. The number of hydrogen-bond acceptors (Lipinski definition) is 8. The Hall–Kier alpha value is 0.894. The molecule has 0 aliphatic heterocycles. The van der Waals surface area contributed by atoms with Gasteiger partial charge in [-0.2, -0.15) is 0 Å². The first kappa shape index (κ1) is 33.5. The molecule has 0 aromatic carbocycles. The summed E-state index contributed by atoms with van der Waals surface area (Å²) in [6.45, 7) is 20.2. The summed E-state index contributed by atoms with van der Waals surface area (Å²) in [6, 6.07) is 0. The lowest BCUT2D eigenvalue weighted by molar-refractivity contribution is 0.106. The van der Waals surface area contributed by atoms with Crippen LogP contribution in [0.5, 0.6) is 0 Å². The van der Waals surface area contributed by atoms with Gasteiger partial charge in [0, 0.05) is 51.1 Å². The Labute approximate surface area is 186 Å². The van der Waals surface area contributed by atoms with E-state index in [1.807, 2.05) is 63.1 Å². The Morgan fingerprint density at radius 3 is 0.786 bits per heavy atom. The Bertz CT molecular complexity index is 208. The topological polar surface area (TPSA) is 55.4 Å². The summed E-state index contributed by atoms with van der Waals surface area (Å²) in [5, 5.41) is 0. The minimum atomic E-state index is -1.73. The van der Waals surface area contributed by atoms with Crippen molar-refractivity contribution < 1.29 is 26.6 Å². The van der Waals surface area contributed by atoms with Gasteiger partial charge in [0.2, 0.25) is 0 Å². The van der Waals surface area contributed by atoms with Gasteiger partial charge in [-0.25, -0.2) is 0 Å². The second kappa shape index (κ2) is 32.6. The molecule has 0 spiro atoms. The molecule has 0 amide bonds. The lowest BCUT2D eigenvalue weighted by atomic mass is 10.6. The third kappa shape index (κ3) is 31.6. The minimum absolute atomic E-state index is 0.677. The molecule has 0 heterocycles. The van der Waals surface area contributed by atoms with E-state index in [-0.39, 0.29) is 0 Å². The van der Waals surface area contributed by atoms with E-state index in [4.69, 9.17) is 26.6 Å². The second-order valence-electron chi connectivity index (χ2n) is 4.95. The maximum absolute atomic E-state index is 5.22. The molecule has 0 rings (SSSR count). The van der Waals surface area contributed by atoms with Gasteiger partial charge in [0.25, 0.3) is 0 Å². The van der Waals surface area contributed by atoms with Crippen LogP contribution >= 0.6 is 21.6 Å². The highest BCUT2D eigenvalue weighted by Gasteiger charge is 2.11. The molecule has 174 valence electrons. The van der Waals surface area contributed by atoms with Crippen molar-refractivity contribution in [1.29, 1.82) is 0 Å². The molecule has 0 bridgehead atoms. The predicted molar refractivity (Wildman–Crippen MR) is 130 cm³/mol. The molecule has 0 aromatic rings. The fraction of sp³-hybridized carbons (Fsp3) is 1.00. The van der Waals surface area contributed by atoms with Crippen LogP contribution < -0.4 is 0 Å². The maximum Gasteiger partial charge on any atom is 0.484 e. The Kier molecular flexibility index (Phi) is 39.0. The van der Waals surface area contributed by atoms with Gasteiger partial charge in [0.15, 0.2) is 0 Å². The van der Waals surface area contributed by atoms with E-state index in [0.717, 1.165) is 0 Å². The summed E-state index contributed by atoms with van der Waals surface area (Å²) in [5.74, 6) is 2.62. The highest BCUT2D eigenvalue weighted by Crippen LogP contribution is 2.21.